The van der Waals surface area contributed by atoms with Crippen LogP contribution in [0.15, 0.2) is 42.5 Å². The second-order valence-electron chi connectivity index (χ2n) is 8.24. The molecule has 2 aromatic carbocycles. The van der Waals surface area contributed by atoms with Crippen LogP contribution >= 0.6 is 0 Å². The molecule has 31 heavy (non-hydrogen) atoms. The molecular weight excluding hydrogens is 392 g/mol. The summed E-state index contributed by atoms with van der Waals surface area (Å²) in [6.45, 7) is 4.75. The van der Waals surface area contributed by atoms with Gasteiger partial charge in [-0.25, -0.2) is 0 Å². The Labute approximate surface area is 181 Å². The Morgan fingerprint density at radius 2 is 2.03 bits per heavy atom. The maximum Gasteiger partial charge on any atom is 0.310 e. The topological polar surface area (TPSA) is 67.9 Å². The summed E-state index contributed by atoms with van der Waals surface area (Å²) in [4.78, 5) is 27.8. The Morgan fingerprint density at radius 3 is 2.90 bits per heavy atom. The number of benzene rings is 2. The largest absolute Gasteiger partial charge is 0.466 e. The summed E-state index contributed by atoms with van der Waals surface area (Å²) in [6, 6.07) is 14.1. The minimum Gasteiger partial charge on any atom is -0.466 e. The lowest BCUT2D eigenvalue weighted by Gasteiger charge is -2.36. The van der Waals surface area contributed by atoms with E-state index in [0.29, 0.717) is 31.9 Å². The van der Waals surface area contributed by atoms with Crippen molar-refractivity contribution >= 4 is 28.8 Å². The fourth-order valence-corrected chi connectivity index (χ4v) is 4.79. The molecule has 6 heteroatoms. The number of carbonyl (C=O) groups excluding carboxylic acids is 2. The molecule has 3 aliphatic heterocycles. The monoisotopic (exact) mass is 418 g/mol. The van der Waals surface area contributed by atoms with Crippen LogP contribution in [0.5, 0.6) is 0 Å². The highest BCUT2D eigenvalue weighted by Gasteiger charge is 2.34. The molecule has 2 aromatic rings. The number of nitrogens with one attached hydrogen (secondary N) is 1. The summed E-state index contributed by atoms with van der Waals surface area (Å²) in [5, 5.41) is 3.00. The van der Waals surface area contributed by atoms with E-state index in [9.17, 15) is 9.59 Å². The fraction of sp³-hybridized carbons (Fsp3) is 0.360. The van der Waals surface area contributed by atoms with Crippen molar-refractivity contribution in [3.05, 3.63) is 64.7 Å². The van der Waals surface area contributed by atoms with Gasteiger partial charge in [-0.2, -0.15) is 0 Å². The van der Waals surface area contributed by atoms with Crippen LogP contribution in [0, 0.1) is 5.92 Å². The average molecular weight is 418 g/mol. The molecule has 1 amide bonds. The van der Waals surface area contributed by atoms with Gasteiger partial charge in [0, 0.05) is 24.3 Å². The number of carbonyl (C=O) groups is 2. The molecule has 3 heterocycles. The van der Waals surface area contributed by atoms with Crippen molar-refractivity contribution in [2.75, 3.05) is 25.0 Å². The van der Waals surface area contributed by atoms with Crippen molar-refractivity contribution in [1.29, 1.82) is 0 Å². The molecule has 1 unspecified atom stereocenters. The zero-order valence-electron chi connectivity index (χ0n) is 17.6. The number of nitrogens with zero attached hydrogens (tertiary/aromatic N) is 1. The van der Waals surface area contributed by atoms with Gasteiger partial charge in [-0.15, -0.1) is 0 Å². The van der Waals surface area contributed by atoms with Gasteiger partial charge in [-0.05, 0) is 48.6 Å². The number of fused-ring (bicyclic) bond motifs is 2. The van der Waals surface area contributed by atoms with Gasteiger partial charge in [0.05, 0.1) is 37.0 Å². The van der Waals surface area contributed by atoms with Gasteiger partial charge in [0.15, 0.2) is 0 Å². The first-order valence-corrected chi connectivity index (χ1v) is 10.9. The quantitative estimate of drug-likeness (QED) is 0.604. The number of piperidine rings is 1. The number of hydrogen-bond acceptors (Lipinski definition) is 5. The molecule has 3 aliphatic rings. The maximum atomic E-state index is 13.1. The molecule has 1 N–H and O–H groups in total. The van der Waals surface area contributed by atoms with Gasteiger partial charge in [0.1, 0.15) is 0 Å². The lowest BCUT2D eigenvalue weighted by molar-refractivity contribution is -0.149. The third-order valence-corrected chi connectivity index (χ3v) is 6.26. The number of ether oxygens (including phenoxy) is 2. The highest BCUT2D eigenvalue weighted by Crippen LogP contribution is 2.40. The summed E-state index contributed by atoms with van der Waals surface area (Å²) in [7, 11) is 0. The van der Waals surface area contributed by atoms with Crippen LogP contribution in [-0.4, -0.2) is 36.5 Å². The van der Waals surface area contributed by atoms with Gasteiger partial charge in [0.25, 0.3) is 5.91 Å². The molecule has 1 saturated heterocycles. The average Bonchev–Trinajstić information content (AvgIpc) is 3.38. The van der Waals surface area contributed by atoms with Crippen LogP contribution in [-0.2, 0) is 32.3 Å². The van der Waals surface area contributed by atoms with E-state index in [-0.39, 0.29) is 17.8 Å². The van der Waals surface area contributed by atoms with Gasteiger partial charge < -0.3 is 19.7 Å². The maximum absolute atomic E-state index is 13.1. The summed E-state index contributed by atoms with van der Waals surface area (Å²) < 4.78 is 10.9. The van der Waals surface area contributed by atoms with Gasteiger partial charge in [0.2, 0.25) is 0 Å². The van der Waals surface area contributed by atoms with E-state index in [1.807, 2.05) is 31.2 Å². The van der Waals surface area contributed by atoms with Gasteiger partial charge in [-0.1, -0.05) is 30.3 Å². The Balaban J connectivity index is 1.62. The molecular formula is C25H26N2O4. The number of likely N-dealkylation sites (tertiary alicyclic amines) is 1. The first-order valence-electron chi connectivity index (χ1n) is 10.9. The number of para-hydroxylation sites is 1. The van der Waals surface area contributed by atoms with Crippen LogP contribution in [0.3, 0.4) is 0 Å². The van der Waals surface area contributed by atoms with Gasteiger partial charge in [-0.3, -0.25) is 9.59 Å². The standard InChI is InChI=1S/C25H26N2O4/c1-2-31-25(29)17-6-5-11-27(13-17)23(16-9-10-18-14-30-15-19(18)12-16)22-20-7-3-4-8-21(20)26-24(22)28/h3-4,7-10,12,17H,2,5-6,11,13-15H2,1H3,(H,26,28). The minimum absolute atomic E-state index is 0.105. The molecule has 0 radical (unpaired) electrons. The van der Waals surface area contributed by atoms with E-state index in [1.54, 1.807) is 0 Å². The number of rotatable bonds is 4. The molecule has 6 nitrogen and oxygen atoms in total. The van der Waals surface area contributed by atoms with E-state index in [4.69, 9.17) is 9.47 Å². The molecule has 0 saturated carbocycles. The van der Waals surface area contributed by atoms with Crippen LogP contribution in [0.2, 0.25) is 0 Å². The molecule has 0 bridgehead atoms. The minimum atomic E-state index is -0.193. The Bertz CT molecular complexity index is 1070. The summed E-state index contributed by atoms with van der Waals surface area (Å²) in [5.74, 6) is -0.455. The lowest BCUT2D eigenvalue weighted by atomic mass is 9.92. The van der Waals surface area contributed by atoms with E-state index in [2.05, 4.69) is 28.4 Å². The first kappa shape index (κ1) is 19.8. The van der Waals surface area contributed by atoms with Crippen molar-refractivity contribution in [2.24, 2.45) is 5.92 Å². The van der Waals surface area contributed by atoms with Crippen molar-refractivity contribution < 1.29 is 19.1 Å². The molecule has 1 atom stereocenters. The number of esters is 1. The predicted octanol–water partition coefficient (Wildman–Crippen LogP) is 3.81. The van der Waals surface area contributed by atoms with Crippen LogP contribution in [0.4, 0.5) is 5.69 Å². The molecule has 5 rings (SSSR count). The zero-order valence-corrected chi connectivity index (χ0v) is 17.6. The van der Waals surface area contributed by atoms with Crippen molar-refractivity contribution in [3.63, 3.8) is 0 Å². The second-order valence-corrected chi connectivity index (χ2v) is 8.24. The van der Waals surface area contributed by atoms with Crippen molar-refractivity contribution in [1.82, 2.24) is 4.90 Å². The zero-order chi connectivity index (χ0) is 21.4. The summed E-state index contributed by atoms with van der Waals surface area (Å²) in [5.41, 5.74) is 6.59. The normalized spacial score (nSPS) is 21.4. The van der Waals surface area contributed by atoms with Crippen LogP contribution in [0.1, 0.15) is 42.0 Å². The molecule has 1 fully saturated rings. The smallest absolute Gasteiger partial charge is 0.310 e. The second kappa shape index (κ2) is 8.19. The van der Waals surface area contributed by atoms with E-state index in [1.165, 1.54) is 5.56 Å². The third-order valence-electron chi connectivity index (χ3n) is 6.26. The Morgan fingerprint density at radius 1 is 1.19 bits per heavy atom. The SMILES string of the molecule is CCOC(=O)C1CCCN(C(=C2C(=O)Nc3ccccc32)c2ccc3c(c2)COC3)C1. The molecule has 0 spiro atoms. The first-order chi connectivity index (χ1) is 15.2. The summed E-state index contributed by atoms with van der Waals surface area (Å²) in [6.07, 6.45) is 1.68. The molecule has 0 aliphatic carbocycles. The van der Waals surface area contributed by atoms with Crippen molar-refractivity contribution in [2.45, 2.75) is 33.0 Å². The third kappa shape index (κ3) is 3.61. The fourth-order valence-electron chi connectivity index (χ4n) is 4.79. The van der Waals surface area contributed by atoms with Gasteiger partial charge >= 0.3 is 5.97 Å². The van der Waals surface area contributed by atoms with E-state index >= 15 is 0 Å². The molecule has 0 aromatic heterocycles. The number of anilines is 1. The van der Waals surface area contributed by atoms with Crippen LogP contribution in [0.25, 0.3) is 11.3 Å². The van der Waals surface area contributed by atoms with E-state index < -0.39 is 0 Å². The number of amides is 1. The predicted molar refractivity (Wildman–Crippen MR) is 118 cm³/mol. The highest BCUT2D eigenvalue weighted by molar-refractivity contribution is 6.36. The Hall–Kier alpha value is -3.12. The molecule has 160 valence electrons. The lowest BCUT2D eigenvalue weighted by Crippen LogP contribution is -2.39. The van der Waals surface area contributed by atoms with Crippen molar-refractivity contribution in [3.8, 4) is 0 Å². The highest BCUT2D eigenvalue weighted by atomic mass is 16.5. The van der Waals surface area contributed by atoms with Crippen LogP contribution < -0.4 is 5.32 Å². The van der Waals surface area contributed by atoms with E-state index in [0.717, 1.165) is 47.5 Å². The summed E-state index contributed by atoms with van der Waals surface area (Å²) >= 11 is 0. The number of hydrogen-bond donors (Lipinski definition) is 1. The Kier molecular flexibility index (Phi) is 5.24.